The molecule has 0 saturated heterocycles. The summed E-state index contributed by atoms with van der Waals surface area (Å²) in [5, 5.41) is 3.16. The summed E-state index contributed by atoms with van der Waals surface area (Å²) < 4.78 is 34.8. The van der Waals surface area contributed by atoms with Crippen molar-refractivity contribution >= 4 is 22.1 Å². The van der Waals surface area contributed by atoms with Crippen LogP contribution in [0.2, 0.25) is 0 Å². The second-order valence-electron chi connectivity index (χ2n) is 8.35. The molecule has 8 nitrogen and oxygen atoms in total. The van der Waals surface area contributed by atoms with Crippen molar-refractivity contribution in [2.24, 2.45) is 5.92 Å². The summed E-state index contributed by atoms with van der Waals surface area (Å²) in [6.07, 6.45) is 4.29. The number of carbonyl (C=O) groups is 1. The van der Waals surface area contributed by atoms with E-state index in [0.29, 0.717) is 19.5 Å². The fourth-order valence-corrected chi connectivity index (χ4v) is 5.13. The van der Waals surface area contributed by atoms with E-state index in [9.17, 15) is 13.2 Å². The van der Waals surface area contributed by atoms with Gasteiger partial charge >= 0.3 is 5.97 Å². The maximum absolute atomic E-state index is 13.2. The Morgan fingerprint density at radius 1 is 1.28 bits per heavy atom. The molecule has 1 aliphatic heterocycles. The van der Waals surface area contributed by atoms with Crippen molar-refractivity contribution in [3.05, 3.63) is 53.2 Å². The van der Waals surface area contributed by atoms with Gasteiger partial charge in [0, 0.05) is 13.6 Å². The molecule has 0 saturated carbocycles. The van der Waals surface area contributed by atoms with Crippen LogP contribution >= 0.6 is 0 Å². The smallest absolute Gasteiger partial charge is 0.324 e. The molecular formula is C23H32N4O4S. The van der Waals surface area contributed by atoms with E-state index in [0.717, 1.165) is 27.1 Å². The second-order valence-corrected chi connectivity index (χ2v) is 10.4. The Balaban J connectivity index is 1.82. The molecule has 2 aromatic rings. The Kier molecular flexibility index (Phi) is 7.40. The maximum atomic E-state index is 13.2. The summed E-state index contributed by atoms with van der Waals surface area (Å²) in [6, 6.07) is 5.93. The molecule has 0 unspecified atom stereocenters. The molecular weight excluding hydrogens is 428 g/mol. The highest BCUT2D eigenvalue weighted by molar-refractivity contribution is 7.89. The second kappa shape index (κ2) is 9.87. The van der Waals surface area contributed by atoms with E-state index in [1.807, 2.05) is 33.0 Å². The van der Waals surface area contributed by atoms with E-state index >= 15 is 0 Å². The topological polar surface area (TPSA) is 93.5 Å². The van der Waals surface area contributed by atoms with Crippen LogP contribution in [0.5, 0.6) is 0 Å². The molecule has 0 fully saturated rings. The number of likely N-dealkylation sites (N-methyl/N-ethyl adjacent to an activating group) is 1. The Morgan fingerprint density at radius 3 is 2.59 bits per heavy atom. The lowest BCUT2D eigenvalue weighted by molar-refractivity contribution is -0.147. The van der Waals surface area contributed by atoms with Gasteiger partial charge in [-0.05, 0) is 56.2 Å². The van der Waals surface area contributed by atoms with Crippen LogP contribution in [0, 0.1) is 12.8 Å². The van der Waals surface area contributed by atoms with Gasteiger partial charge in [-0.2, -0.15) is 4.31 Å². The van der Waals surface area contributed by atoms with Crippen LogP contribution in [0.25, 0.3) is 6.08 Å². The molecule has 174 valence electrons. The number of nitrogens with zero attached hydrogens (tertiary/aromatic N) is 3. The van der Waals surface area contributed by atoms with Crippen LogP contribution in [-0.2, 0) is 32.6 Å². The molecule has 9 heteroatoms. The first kappa shape index (κ1) is 24.0. The molecule has 1 N–H and O–H groups in total. The van der Waals surface area contributed by atoms with Crippen LogP contribution in [-0.4, -0.2) is 47.9 Å². The van der Waals surface area contributed by atoms with Crippen LogP contribution in [0.4, 0.5) is 0 Å². The SMILES string of the molecule is CCOC(=O)[C@H](CC(C)C)N(C)S(=O)(=O)c1ccc(Cn2c(C)nc3c2C=CNC3)cc1. The average molecular weight is 461 g/mol. The number of aryl methyl sites for hydroxylation is 1. The summed E-state index contributed by atoms with van der Waals surface area (Å²) in [7, 11) is -2.42. The van der Waals surface area contributed by atoms with Gasteiger partial charge in [-0.3, -0.25) is 4.79 Å². The Labute approximate surface area is 190 Å². The van der Waals surface area contributed by atoms with Crippen molar-refractivity contribution < 1.29 is 17.9 Å². The summed E-state index contributed by atoms with van der Waals surface area (Å²) in [6.45, 7) is 9.06. The van der Waals surface area contributed by atoms with E-state index in [1.54, 1.807) is 31.2 Å². The number of benzene rings is 1. The van der Waals surface area contributed by atoms with Crippen molar-refractivity contribution in [3.8, 4) is 0 Å². The van der Waals surface area contributed by atoms with Gasteiger partial charge in [-0.1, -0.05) is 26.0 Å². The molecule has 0 spiro atoms. The summed E-state index contributed by atoms with van der Waals surface area (Å²) in [5.74, 6) is 0.524. The predicted octanol–water partition coefficient (Wildman–Crippen LogP) is 2.91. The number of aromatic nitrogens is 2. The normalized spacial score (nSPS) is 14.3. The Bertz CT molecular complexity index is 1090. The Morgan fingerprint density at radius 2 is 1.97 bits per heavy atom. The minimum Gasteiger partial charge on any atom is -0.465 e. The summed E-state index contributed by atoms with van der Waals surface area (Å²) in [5.41, 5.74) is 3.02. The van der Waals surface area contributed by atoms with E-state index in [1.165, 1.54) is 7.05 Å². The zero-order valence-corrected chi connectivity index (χ0v) is 20.1. The number of esters is 1. The van der Waals surface area contributed by atoms with Crippen molar-refractivity contribution in [2.75, 3.05) is 13.7 Å². The van der Waals surface area contributed by atoms with Gasteiger partial charge in [0.05, 0.1) is 29.4 Å². The zero-order chi connectivity index (χ0) is 23.5. The first-order valence-corrected chi connectivity index (χ1v) is 12.3. The van der Waals surface area contributed by atoms with Gasteiger partial charge < -0.3 is 14.6 Å². The van der Waals surface area contributed by atoms with Gasteiger partial charge in [-0.25, -0.2) is 13.4 Å². The molecule has 2 heterocycles. The van der Waals surface area contributed by atoms with Gasteiger partial charge in [0.2, 0.25) is 10.0 Å². The number of carbonyl (C=O) groups excluding carboxylic acids is 1. The third-order valence-corrected chi connectivity index (χ3v) is 7.42. The van der Waals surface area contributed by atoms with Crippen LogP contribution in [0.15, 0.2) is 35.4 Å². The molecule has 0 aliphatic carbocycles. The average Bonchev–Trinajstić information content (AvgIpc) is 3.07. The Hall–Kier alpha value is -2.65. The quantitative estimate of drug-likeness (QED) is 0.579. The van der Waals surface area contributed by atoms with Gasteiger partial charge in [-0.15, -0.1) is 0 Å². The number of rotatable bonds is 9. The molecule has 1 aromatic heterocycles. The fraction of sp³-hybridized carbons (Fsp3) is 0.478. The highest BCUT2D eigenvalue weighted by atomic mass is 32.2. The molecule has 0 amide bonds. The molecule has 3 rings (SSSR count). The number of sulfonamides is 1. The van der Waals surface area contributed by atoms with Crippen LogP contribution < -0.4 is 5.32 Å². The molecule has 0 radical (unpaired) electrons. The third kappa shape index (κ3) is 5.05. The lowest BCUT2D eigenvalue weighted by Crippen LogP contribution is -2.44. The molecule has 1 atom stereocenters. The summed E-state index contributed by atoms with van der Waals surface area (Å²) >= 11 is 0. The number of fused-ring (bicyclic) bond motifs is 1. The minimum absolute atomic E-state index is 0.137. The zero-order valence-electron chi connectivity index (χ0n) is 19.3. The van der Waals surface area contributed by atoms with Gasteiger partial charge in [0.15, 0.2) is 0 Å². The number of nitrogens with one attached hydrogen (secondary N) is 1. The lowest BCUT2D eigenvalue weighted by atomic mass is 10.0. The number of imidazole rings is 1. The van der Waals surface area contributed by atoms with E-state index in [4.69, 9.17) is 4.74 Å². The highest BCUT2D eigenvalue weighted by Gasteiger charge is 2.34. The van der Waals surface area contributed by atoms with E-state index < -0.39 is 22.0 Å². The van der Waals surface area contributed by atoms with Crippen molar-refractivity contribution in [3.63, 3.8) is 0 Å². The first-order chi connectivity index (χ1) is 15.1. The first-order valence-electron chi connectivity index (χ1n) is 10.8. The van der Waals surface area contributed by atoms with Gasteiger partial charge in [0.25, 0.3) is 0 Å². The predicted molar refractivity (Wildman–Crippen MR) is 123 cm³/mol. The largest absolute Gasteiger partial charge is 0.465 e. The van der Waals surface area contributed by atoms with Crippen molar-refractivity contribution in [1.29, 1.82) is 0 Å². The van der Waals surface area contributed by atoms with E-state index in [2.05, 4.69) is 14.9 Å². The number of ether oxygens (including phenoxy) is 1. The molecule has 1 aliphatic rings. The van der Waals surface area contributed by atoms with Crippen LogP contribution in [0.1, 0.15) is 50.0 Å². The maximum Gasteiger partial charge on any atom is 0.324 e. The third-order valence-electron chi connectivity index (χ3n) is 5.54. The van der Waals surface area contributed by atoms with Crippen molar-refractivity contribution in [1.82, 2.24) is 19.2 Å². The molecule has 32 heavy (non-hydrogen) atoms. The lowest BCUT2D eigenvalue weighted by Gasteiger charge is -2.27. The van der Waals surface area contributed by atoms with E-state index in [-0.39, 0.29) is 17.4 Å². The van der Waals surface area contributed by atoms with Crippen LogP contribution in [0.3, 0.4) is 0 Å². The van der Waals surface area contributed by atoms with Gasteiger partial charge in [0.1, 0.15) is 11.9 Å². The minimum atomic E-state index is -3.85. The number of hydrogen-bond donors (Lipinski definition) is 1. The molecule has 1 aromatic carbocycles. The standard InChI is InChI=1S/C23H32N4O4S/c1-6-31-23(28)22(13-16(2)3)26(5)32(29,30)19-9-7-18(8-10-19)15-27-17(4)25-20-14-24-12-11-21(20)27/h7-12,16,22,24H,6,13-15H2,1-5H3/t22-/m0/s1. The fourth-order valence-electron chi connectivity index (χ4n) is 3.81. The summed E-state index contributed by atoms with van der Waals surface area (Å²) in [4.78, 5) is 17.2. The monoisotopic (exact) mass is 460 g/mol. The van der Waals surface area contributed by atoms with Crippen molar-refractivity contribution in [2.45, 2.75) is 58.1 Å². The molecule has 0 bridgehead atoms. The number of hydrogen-bond acceptors (Lipinski definition) is 6. The highest BCUT2D eigenvalue weighted by Crippen LogP contribution is 2.23.